The lowest BCUT2D eigenvalue weighted by Gasteiger charge is -2.09. The predicted molar refractivity (Wildman–Crippen MR) is 59.1 cm³/mol. The highest BCUT2D eigenvalue weighted by Gasteiger charge is 2.21. The van der Waals surface area contributed by atoms with Crippen molar-refractivity contribution >= 4 is 17.7 Å². The number of rotatable bonds is 5. The second-order valence-electron chi connectivity index (χ2n) is 3.58. The average Bonchev–Trinajstić information content (AvgIpc) is 2.13. The van der Waals surface area contributed by atoms with Gasteiger partial charge in [0.05, 0.1) is 12.2 Å². The standard InChI is InChI=1S/C11H12F2O2S/c1-11(12,13)7-16-9-4-2-3-8(5-9)6-10(14)15/h2-5H,6-7H2,1H3,(H,14,15). The first kappa shape index (κ1) is 13.0. The van der Waals surface area contributed by atoms with Gasteiger partial charge in [0.2, 0.25) is 0 Å². The zero-order valence-electron chi connectivity index (χ0n) is 8.74. The molecule has 1 rings (SSSR count). The number of benzene rings is 1. The van der Waals surface area contributed by atoms with Gasteiger partial charge in [-0.1, -0.05) is 12.1 Å². The molecule has 0 fully saturated rings. The molecule has 0 aromatic heterocycles. The van der Waals surface area contributed by atoms with Gasteiger partial charge in [-0.15, -0.1) is 11.8 Å². The van der Waals surface area contributed by atoms with E-state index in [0.29, 0.717) is 10.5 Å². The molecular formula is C11H12F2O2S. The minimum atomic E-state index is -2.71. The van der Waals surface area contributed by atoms with Crippen LogP contribution in [0.15, 0.2) is 29.2 Å². The molecule has 0 aliphatic heterocycles. The number of alkyl halides is 2. The lowest BCUT2D eigenvalue weighted by molar-refractivity contribution is -0.136. The van der Waals surface area contributed by atoms with Crippen molar-refractivity contribution in [2.24, 2.45) is 0 Å². The molecule has 0 bridgehead atoms. The Morgan fingerprint density at radius 2 is 2.19 bits per heavy atom. The lowest BCUT2D eigenvalue weighted by atomic mass is 10.2. The van der Waals surface area contributed by atoms with E-state index in [2.05, 4.69) is 0 Å². The van der Waals surface area contributed by atoms with Crippen molar-refractivity contribution in [2.75, 3.05) is 5.75 Å². The quantitative estimate of drug-likeness (QED) is 0.811. The molecule has 0 spiro atoms. The number of halogens is 2. The molecule has 0 saturated heterocycles. The molecule has 0 heterocycles. The van der Waals surface area contributed by atoms with E-state index in [0.717, 1.165) is 18.7 Å². The first-order valence-corrected chi connectivity index (χ1v) is 5.67. The van der Waals surface area contributed by atoms with Crippen LogP contribution in [-0.2, 0) is 11.2 Å². The number of carbonyl (C=O) groups is 1. The van der Waals surface area contributed by atoms with Crippen LogP contribution in [-0.4, -0.2) is 22.8 Å². The minimum Gasteiger partial charge on any atom is -0.481 e. The van der Waals surface area contributed by atoms with E-state index in [-0.39, 0.29) is 12.2 Å². The minimum absolute atomic E-state index is 0.0864. The lowest BCUT2D eigenvalue weighted by Crippen LogP contribution is -2.12. The van der Waals surface area contributed by atoms with Gasteiger partial charge in [-0.25, -0.2) is 8.78 Å². The van der Waals surface area contributed by atoms with Gasteiger partial charge in [-0.2, -0.15) is 0 Å². The molecule has 88 valence electrons. The molecule has 5 heteroatoms. The van der Waals surface area contributed by atoms with Gasteiger partial charge in [-0.3, -0.25) is 4.79 Å². The second kappa shape index (κ2) is 5.30. The summed E-state index contributed by atoms with van der Waals surface area (Å²) in [6.07, 6.45) is -0.0864. The van der Waals surface area contributed by atoms with Crippen molar-refractivity contribution in [1.29, 1.82) is 0 Å². The maximum Gasteiger partial charge on any atom is 0.307 e. The molecule has 0 amide bonds. The number of carboxylic acid groups (broad SMARTS) is 1. The van der Waals surface area contributed by atoms with E-state index in [4.69, 9.17) is 5.11 Å². The molecule has 2 nitrogen and oxygen atoms in total. The van der Waals surface area contributed by atoms with Crippen molar-refractivity contribution < 1.29 is 18.7 Å². The maximum absolute atomic E-state index is 12.6. The highest BCUT2D eigenvalue weighted by molar-refractivity contribution is 7.99. The van der Waals surface area contributed by atoms with Crippen LogP contribution in [0.5, 0.6) is 0 Å². The van der Waals surface area contributed by atoms with E-state index >= 15 is 0 Å². The fourth-order valence-corrected chi connectivity index (χ4v) is 1.96. The van der Waals surface area contributed by atoms with Crippen molar-refractivity contribution in [3.8, 4) is 0 Å². The normalized spacial score (nSPS) is 11.4. The Morgan fingerprint density at radius 1 is 1.50 bits per heavy atom. The second-order valence-corrected chi connectivity index (χ2v) is 4.63. The summed E-state index contributed by atoms with van der Waals surface area (Å²) in [6, 6.07) is 6.67. The van der Waals surface area contributed by atoms with Crippen molar-refractivity contribution in [1.82, 2.24) is 0 Å². The Morgan fingerprint density at radius 3 is 2.75 bits per heavy atom. The van der Waals surface area contributed by atoms with E-state index in [1.54, 1.807) is 24.3 Å². The summed E-state index contributed by atoms with van der Waals surface area (Å²) in [7, 11) is 0. The molecule has 1 aromatic carbocycles. The summed E-state index contributed by atoms with van der Waals surface area (Å²) in [4.78, 5) is 11.1. The van der Waals surface area contributed by atoms with Crippen LogP contribution in [0.4, 0.5) is 8.78 Å². The number of thioether (sulfide) groups is 1. The molecule has 0 radical (unpaired) electrons. The average molecular weight is 246 g/mol. The first-order valence-electron chi connectivity index (χ1n) is 4.68. The van der Waals surface area contributed by atoms with Crippen LogP contribution in [0.2, 0.25) is 0 Å². The monoisotopic (exact) mass is 246 g/mol. The van der Waals surface area contributed by atoms with Gasteiger partial charge in [0.25, 0.3) is 5.92 Å². The summed E-state index contributed by atoms with van der Waals surface area (Å²) >= 11 is 1.03. The first-order chi connectivity index (χ1) is 7.37. The van der Waals surface area contributed by atoms with E-state index in [1.165, 1.54) is 0 Å². The number of hydrogen-bond acceptors (Lipinski definition) is 2. The van der Waals surface area contributed by atoms with Crippen LogP contribution >= 0.6 is 11.8 Å². The van der Waals surface area contributed by atoms with E-state index in [1.807, 2.05) is 0 Å². The fourth-order valence-electron chi connectivity index (χ4n) is 1.13. The number of aliphatic carboxylic acids is 1. The smallest absolute Gasteiger partial charge is 0.307 e. The van der Waals surface area contributed by atoms with Gasteiger partial charge in [0.15, 0.2) is 0 Å². The SMILES string of the molecule is CC(F)(F)CSc1cccc(CC(=O)O)c1. The summed E-state index contributed by atoms with van der Waals surface area (Å²) in [5.41, 5.74) is 0.622. The fraction of sp³-hybridized carbons (Fsp3) is 0.364. The molecule has 0 aliphatic carbocycles. The molecule has 0 atom stereocenters. The van der Waals surface area contributed by atoms with Crippen molar-refractivity contribution in [3.05, 3.63) is 29.8 Å². The number of hydrogen-bond donors (Lipinski definition) is 1. The van der Waals surface area contributed by atoms with Gasteiger partial charge < -0.3 is 5.11 Å². The topological polar surface area (TPSA) is 37.3 Å². The predicted octanol–water partition coefficient (Wildman–Crippen LogP) is 3.06. The van der Waals surface area contributed by atoms with Crippen LogP contribution in [0.25, 0.3) is 0 Å². The van der Waals surface area contributed by atoms with Gasteiger partial charge in [0, 0.05) is 11.8 Å². The highest BCUT2D eigenvalue weighted by atomic mass is 32.2. The van der Waals surface area contributed by atoms with Crippen molar-refractivity contribution in [3.63, 3.8) is 0 Å². The third-order valence-electron chi connectivity index (χ3n) is 1.75. The largest absolute Gasteiger partial charge is 0.481 e. The molecule has 0 unspecified atom stereocenters. The summed E-state index contributed by atoms with van der Waals surface area (Å²) in [5.74, 6) is -3.94. The van der Waals surface area contributed by atoms with E-state index in [9.17, 15) is 13.6 Å². The summed E-state index contributed by atoms with van der Waals surface area (Å²) in [6.45, 7) is 0.862. The third-order valence-corrected chi connectivity index (χ3v) is 2.98. The van der Waals surface area contributed by atoms with Crippen LogP contribution in [0, 0.1) is 0 Å². The maximum atomic E-state index is 12.6. The number of carboxylic acids is 1. The molecule has 0 saturated carbocycles. The Bertz CT molecular complexity index is 374. The van der Waals surface area contributed by atoms with Crippen LogP contribution < -0.4 is 0 Å². The Labute approximate surface area is 96.7 Å². The van der Waals surface area contributed by atoms with Gasteiger partial charge in [0.1, 0.15) is 0 Å². The molecule has 16 heavy (non-hydrogen) atoms. The van der Waals surface area contributed by atoms with E-state index < -0.39 is 11.9 Å². The van der Waals surface area contributed by atoms with Gasteiger partial charge in [-0.05, 0) is 17.7 Å². The molecule has 1 aromatic rings. The highest BCUT2D eigenvalue weighted by Crippen LogP contribution is 2.26. The van der Waals surface area contributed by atoms with Gasteiger partial charge >= 0.3 is 5.97 Å². The molecule has 0 aliphatic rings. The van der Waals surface area contributed by atoms with Crippen LogP contribution in [0.3, 0.4) is 0 Å². The summed E-state index contributed by atoms with van der Waals surface area (Å²) in [5, 5.41) is 8.59. The Kier molecular flexibility index (Phi) is 4.29. The Hall–Kier alpha value is -1.10. The zero-order chi connectivity index (χ0) is 12.2. The third kappa shape index (κ3) is 5.11. The van der Waals surface area contributed by atoms with Crippen molar-refractivity contribution in [2.45, 2.75) is 24.2 Å². The van der Waals surface area contributed by atoms with Crippen LogP contribution in [0.1, 0.15) is 12.5 Å². The molecule has 1 N–H and O–H groups in total. The zero-order valence-corrected chi connectivity index (χ0v) is 9.56. The molecular weight excluding hydrogens is 234 g/mol. The summed E-state index contributed by atoms with van der Waals surface area (Å²) < 4.78 is 25.2. The Balaban J connectivity index is 2.64.